The third-order valence-electron chi connectivity index (χ3n) is 4.36. The van der Waals surface area contributed by atoms with Gasteiger partial charge in [0.25, 0.3) is 0 Å². The first-order valence-corrected chi connectivity index (χ1v) is 8.22. The number of aliphatic hydroxyl groups is 1. The van der Waals surface area contributed by atoms with Crippen LogP contribution in [-0.4, -0.2) is 41.1 Å². The van der Waals surface area contributed by atoms with Gasteiger partial charge in [-0.15, -0.1) is 0 Å². The molecule has 1 aliphatic heterocycles. The molecule has 0 aromatic heterocycles. The molecule has 1 fully saturated rings. The smallest absolute Gasteiger partial charge is 0.240 e. The lowest BCUT2D eigenvalue weighted by molar-refractivity contribution is -0.136. The van der Waals surface area contributed by atoms with Crippen LogP contribution in [0, 0.1) is 5.41 Å². The Morgan fingerprint density at radius 1 is 1.30 bits per heavy atom. The highest BCUT2D eigenvalue weighted by atomic mass is 16.5. The lowest BCUT2D eigenvalue weighted by atomic mass is 9.86. The van der Waals surface area contributed by atoms with Crippen molar-refractivity contribution in [3.63, 3.8) is 0 Å². The predicted molar refractivity (Wildman–Crippen MR) is 90.0 cm³/mol. The minimum atomic E-state index is -0.467. The summed E-state index contributed by atoms with van der Waals surface area (Å²) in [5.41, 5.74) is 6.71. The van der Waals surface area contributed by atoms with E-state index in [1.165, 1.54) is 0 Å². The largest absolute Gasteiger partial charge is 0.490 e. The van der Waals surface area contributed by atoms with Crippen molar-refractivity contribution in [2.24, 2.45) is 11.1 Å². The number of piperidine rings is 1. The van der Waals surface area contributed by atoms with Crippen molar-refractivity contribution in [2.45, 2.75) is 52.4 Å². The number of nitrogens with zero attached hydrogens (tertiary/aromatic N) is 1. The van der Waals surface area contributed by atoms with Gasteiger partial charge in [0.05, 0.1) is 12.6 Å². The summed E-state index contributed by atoms with van der Waals surface area (Å²) in [6.07, 6.45) is 1.74. The van der Waals surface area contributed by atoms with E-state index in [2.05, 4.69) is 0 Å². The van der Waals surface area contributed by atoms with Gasteiger partial charge in [-0.05, 0) is 23.1 Å². The second-order valence-corrected chi connectivity index (χ2v) is 7.29. The molecular weight excluding hydrogens is 292 g/mol. The highest BCUT2D eigenvalue weighted by Crippen LogP contribution is 2.23. The molecule has 1 amide bonds. The standard InChI is InChI=1S/C18H28N2O3/c1-18(2,3)16(19)17(22)20-10-8-15(9-11-20)23-14-6-4-13(12-21)5-7-14/h4-7,15-16,21H,8-12,19H2,1-3H3. The molecular formula is C18H28N2O3. The Balaban J connectivity index is 1.84. The minimum absolute atomic E-state index is 0.0308. The second kappa shape index (κ2) is 7.32. The van der Waals surface area contributed by atoms with E-state index in [9.17, 15) is 4.79 Å². The Labute approximate surface area is 138 Å². The summed E-state index contributed by atoms with van der Waals surface area (Å²) >= 11 is 0. The van der Waals surface area contributed by atoms with E-state index in [0.717, 1.165) is 24.2 Å². The number of ether oxygens (including phenoxy) is 1. The number of amides is 1. The maximum Gasteiger partial charge on any atom is 0.240 e. The van der Waals surface area contributed by atoms with Gasteiger partial charge in [0.1, 0.15) is 11.9 Å². The van der Waals surface area contributed by atoms with E-state index in [-0.39, 0.29) is 24.0 Å². The molecule has 0 spiro atoms. The van der Waals surface area contributed by atoms with E-state index < -0.39 is 6.04 Å². The number of carbonyl (C=O) groups is 1. The predicted octanol–water partition coefficient (Wildman–Crippen LogP) is 1.92. The van der Waals surface area contributed by atoms with Gasteiger partial charge in [-0.1, -0.05) is 32.9 Å². The van der Waals surface area contributed by atoms with Crippen LogP contribution in [0.3, 0.4) is 0 Å². The van der Waals surface area contributed by atoms with Crippen molar-refractivity contribution in [3.8, 4) is 5.75 Å². The molecule has 5 heteroatoms. The fourth-order valence-electron chi connectivity index (χ4n) is 2.63. The van der Waals surface area contributed by atoms with E-state index in [4.69, 9.17) is 15.6 Å². The second-order valence-electron chi connectivity index (χ2n) is 7.29. The molecule has 0 bridgehead atoms. The molecule has 1 aromatic rings. The lowest BCUT2D eigenvalue weighted by Gasteiger charge is -2.36. The van der Waals surface area contributed by atoms with E-state index in [0.29, 0.717) is 13.1 Å². The molecule has 3 N–H and O–H groups in total. The first-order chi connectivity index (χ1) is 10.8. The topological polar surface area (TPSA) is 75.8 Å². The molecule has 0 saturated carbocycles. The molecule has 0 radical (unpaired) electrons. The molecule has 0 aliphatic carbocycles. The van der Waals surface area contributed by atoms with Gasteiger partial charge >= 0.3 is 0 Å². The summed E-state index contributed by atoms with van der Waals surface area (Å²) in [5, 5.41) is 9.04. The van der Waals surface area contributed by atoms with Crippen LogP contribution in [0.2, 0.25) is 0 Å². The summed E-state index contributed by atoms with van der Waals surface area (Å²) < 4.78 is 5.96. The third kappa shape index (κ3) is 4.69. The maximum absolute atomic E-state index is 12.4. The van der Waals surface area contributed by atoms with Crippen molar-refractivity contribution in [2.75, 3.05) is 13.1 Å². The van der Waals surface area contributed by atoms with Gasteiger partial charge in [-0.3, -0.25) is 4.79 Å². The van der Waals surface area contributed by atoms with Crippen LogP contribution >= 0.6 is 0 Å². The maximum atomic E-state index is 12.4. The molecule has 2 rings (SSSR count). The summed E-state index contributed by atoms with van der Waals surface area (Å²) in [6.45, 7) is 7.36. The summed E-state index contributed by atoms with van der Waals surface area (Å²) in [6, 6.07) is 7.00. The first-order valence-electron chi connectivity index (χ1n) is 8.22. The van der Waals surface area contributed by atoms with Crippen LogP contribution in [0.25, 0.3) is 0 Å². The van der Waals surface area contributed by atoms with Crippen molar-refractivity contribution < 1.29 is 14.6 Å². The number of likely N-dealkylation sites (tertiary alicyclic amines) is 1. The van der Waals surface area contributed by atoms with Gasteiger partial charge in [0, 0.05) is 25.9 Å². The average molecular weight is 320 g/mol. The van der Waals surface area contributed by atoms with E-state index >= 15 is 0 Å². The van der Waals surface area contributed by atoms with E-state index in [1.54, 1.807) is 0 Å². The quantitative estimate of drug-likeness (QED) is 0.889. The van der Waals surface area contributed by atoms with Crippen LogP contribution < -0.4 is 10.5 Å². The van der Waals surface area contributed by atoms with Crippen LogP contribution in [0.1, 0.15) is 39.2 Å². The van der Waals surface area contributed by atoms with E-state index in [1.807, 2.05) is 49.9 Å². The molecule has 1 unspecified atom stereocenters. The summed E-state index contributed by atoms with van der Waals surface area (Å²) in [7, 11) is 0. The van der Waals surface area contributed by atoms with Crippen molar-refractivity contribution in [1.82, 2.24) is 4.90 Å². The van der Waals surface area contributed by atoms with Crippen molar-refractivity contribution in [1.29, 1.82) is 0 Å². The zero-order chi connectivity index (χ0) is 17.0. The number of aliphatic hydroxyl groups excluding tert-OH is 1. The third-order valence-corrected chi connectivity index (χ3v) is 4.36. The monoisotopic (exact) mass is 320 g/mol. The molecule has 1 atom stereocenters. The number of hydrogen-bond acceptors (Lipinski definition) is 4. The molecule has 1 aliphatic rings. The van der Waals surface area contributed by atoms with Crippen molar-refractivity contribution >= 4 is 5.91 Å². The van der Waals surface area contributed by atoms with Crippen LogP contribution in [-0.2, 0) is 11.4 Å². The number of hydrogen-bond donors (Lipinski definition) is 2. The Morgan fingerprint density at radius 3 is 2.35 bits per heavy atom. The van der Waals surface area contributed by atoms with Gasteiger partial charge in [-0.2, -0.15) is 0 Å². The molecule has 5 nitrogen and oxygen atoms in total. The Kier molecular flexibility index (Phi) is 5.65. The molecule has 23 heavy (non-hydrogen) atoms. The number of rotatable bonds is 4. The van der Waals surface area contributed by atoms with Crippen LogP contribution in [0.15, 0.2) is 24.3 Å². The fourth-order valence-corrected chi connectivity index (χ4v) is 2.63. The number of carbonyl (C=O) groups excluding carboxylic acids is 1. The summed E-state index contributed by atoms with van der Waals surface area (Å²) in [4.78, 5) is 14.3. The van der Waals surface area contributed by atoms with Gasteiger partial charge in [-0.25, -0.2) is 0 Å². The zero-order valence-corrected chi connectivity index (χ0v) is 14.3. The van der Waals surface area contributed by atoms with Gasteiger partial charge in [0.2, 0.25) is 5.91 Å². The normalized spacial score (nSPS) is 17.9. The Hall–Kier alpha value is -1.59. The number of nitrogens with two attached hydrogens (primary N) is 1. The van der Waals surface area contributed by atoms with Gasteiger partial charge in [0.15, 0.2) is 0 Å². The minimum Gasteiger partial charge on any atom is -0.490 e. The zero-order valence-electron chi connectivity index (χ0n) is 14.3. The SMILES string of the molecule is CC(C)(C)C(N)C(=O)N1CCC(Oc2ccc(CO)cc2)CC1. The van der Waals surface area contributed by atoms with Crippen LogP contribution in [0.5, 0.6) is 5.75 Å². The average Bonchev–Trinajstić information content (AvgIpc) is 2.54. The molecule has 1 aromatic carbocycles. The van der Waals surface area contributed by atoms with Gasteiger partial charge < -0.3 is 20.5 Å². The Morgan fingerprint density at radius 2 is 1.87 bits per heavy atom. The lowest BCUT2D eigenvalue weighted by Crippen LogP contribution is -2.53. The molecule has 1 saturated heterocycles. The summed E-state index contributed by atoms with van der Waals surface area (Å²) in [5.74, 6) is 0.835. The fraction of sp³-hybridized carbons (Fsp3) is 0.611. The van der Waals surface area contributed by atoms with Crippen molar-refractivity contribution in [3.05, 3.63) is 29.8 Å². The molecule has 1 heterocycles. The molecule has 128 valence electrons. The van der Waals surface area contributed by atoms with Crippen LogP contribution in [0.4, 0.5) is 0 Å². The Bertz CT molecular complexity index is 514. The number of benzene rings is 1. The highest BCUT2D eigenvalue weighted by Gasteiger charge is 2.33. The highest BCUT2D eigenvalue weighted by molar-refractivity contribution is 5.82. The first kappa shape index (κ1) is 17.8.